The summed E-state index contributed by atoms with van der Waals surface area (Å²) in [6.45, 7) is 1.79. The number of piperidine rings is 1. The van der Waals surface area contributed by atoms with Gasteiger partial charge in [0.15, 0.2) is 0 Å². The fourth-order valence-corrected chi connectivity index (χ4v) is 3.15. The summed E-state index contributed by atoms with van der Waals surface area (Å²) < 4.78 is 0. The summed E-state index contributed by atoms with van der Waals surface area (Å²) in [6.07, 6.45) is 0.439. The van der Waals surface area contributed by atoms with Gasteiger partial charge in [0.2, 0.25) is 11.8 Å². The lowest BCUT2D eigenvalue weighted by Crippen LogP contribution is -2.51. The Hall–Kier alpha value is -2.25. The summed E-state index contributed by atoms with van der Waals surface area (Å²) >= 11 is 0. The predicted octanol–water partition coefficient (Wildman–Crippen LogP) is 0.145. The Balaban J connectivity index is 0.00000192. The second-order valence-electron chi connectivity index (χ2n) is 5.72. The molecule has 0 aliphatic carbocycles. The van der Waals surface area contributed by atoms with Crippen LogP contribution in [0, 0.1) is 0 Å². The molecule has 0 aromatic heterocycles. The number of carbonyl (C=O) groups excluding carboxylic acids is 4. The van der Waals surface area contributed by atoms with Crippen LogP contribution in [0.2, 0.25) is 0 Å². The van der Waals surface area contributed by atoms with Gasteiger partial charge < -0.3 is 5.73 Å². The Kier molecular flexibility index (Phi) is 4.28. The molecule has 1 atom stereocenters. The Morgan fingerprint density at radius 1 is 1.13 bits per heavy atom. The van der Waals surface area contributed by atoms with Crippen molar-refractivity contribution in [3.05, 3.63) is 34.4 Å². The van der Waals surface area contributed by atoms with Crippen molar-refractivity contribution < 1.29 is 19.2 Å². The molecule has 4 N–H and O–H groups in total. The van der Waals surface area contributed by atoms with Crippen LogP contribution in [-0.4, -0.2) is 23.6 Å². The largest absolute Gasteiger partial charge is 0.326 e. The highest BCUT2D eigenvalue weighted by Gasteiger charge is 2.45. The summed E-state index contributed by atoms with van der Waals surface area (Å²) in [5.41, 5.74) is 6.17. The van der Waals surface area contributed by atoms with E-state index in [0.29, 0.717) is 11.1 Å². The standard InChI is InChI=1S/C15H15N3O4.ClH/c1-15(5-4-9(19)17-14(15)22)11-7(6-16)2-3-8-10(11)13(21)18-12(8)20;/h2-3H,4-6,16H2,1H3,(H,17,19,22)(H,18,20,21);1H/t15-;/m0./s1. The van der Waals surface area contributed by atoms with Gasteiger partial charge in [0.05, 0.1) is 16.5 Å². The monoisotopic (exact) mass is 337 g/mol. The molecule has 1 aromatic carbocycles. The fourth-order valence-electron chi connectivity index (χ4n) is 3.15. The lowest BCUT2D eigenvalue weighted by Gasteiger charge is -2.34. The number of carbonyl (C=O) groups is 4. The van der Waals surface area contributed by atoms with E-state index in [4.69, 9.17) is 5.73 Å². The van der Waals surface area contributed by atoms with E-state index in [1.54, 1.807) is 13.0 Å². The summed E-state index contributed by atoms with van der Waals surface area (Å²) in [5.74, 6) is -1.83. The van der Waals surface area contributed by atoms with Gasteiger partial charge >= 0.3 is 0 Å². The summed E-state index contributed by atoms with van der Waals surface area (Å²) in [7, 11) is 0. The van der Waals surface area contributed by atoms with Gasteiger partial charge in [-0.3, -0.25) is 29.8 Å². The highest BCUT2D eigenvalue weighted by atomic mass is 35.5. The third-order valence-electron chi connectivity index (χ3n) is 4.37. The normalized spacial score (nSPS) is 23.0. The molecule has 2 aliphatic rings. The Morgan fingerprint density at radius 2 is 1.83 bits per heavy atom. The molecule has 23 heavy (non-hydrogen) atoms. The van der Waals surface area contributed by atoms with Crippen LogP contribution in [0.25, 0.3) is 0 Å². The minimum Gasteiger partial charge on any atom is -0.326 e. The van der Waals surface area contributed by atoms with Gasteiger partial charge in [-0.15, -0.1) is 12.4 Å². The Bertz CT molecular complexity index is 746. The summed E-state index contributed by atoms with van der Waals surface area (Å²) in [6, 6.07) is 3.19. The first-order valence-electron chi connectivity index (χ1n) is 6.95. The highest BCUT2D eigenvalue weighted by molar-refractivity contribution is 6.23. The van der Waals surface area contributed by atoms with E-state index in [0.717, 1.165) is 0 Å². The van der Waals surface area contributed by atoms with Crippen LogP contribution >= 0.6 is 12.4 Å². The van der Waals surface area contributed by atoms with Crippen molar-refractivity contribution in [3.63, 3.8) is 0 Å². The van der Waals surface area contributed by atoms with Crippen LogP contribution < -0.4 is 16.4 Å². The predicted molar refractivity (Wildman–Crippen MR) is 83.1 cm³/mol. The number of halogens is 1. The van der Waals surface area contributed by atoms with Crippen molar-refractivity contribution >= 4 is 36.0 Å². The molecule has 3 rings (SSSR count). The maximum Gasteiger partial charge on any atom is 0.259 e. The van der Waals surface area contributed by atoms with E-state index in [1.165, 1.54) is 6.07 Å². The lowest BCUT2D eigenvalue weighted by atomic mass is 9.71. The maximum absolute atomic E-state index is 12.4. The van der Waals surface area contributed by atoms with E-state index in [-0.39, 0.29) is 48.8 Å². The first kappa shape index (κ1) is 17.1. The Morgan fingerprint density at radius 3 is 2.43 bits per heavy atom. The molecule has 1 fully saturated rings. The number of hydrogen-bond acceptors (Lipinski definition) is 5. The molecule has 2 aliphatic heterocycles. The summed E-state index contributed by atoms with van der Waals surface area (Å²) in [4.78, 5) is 47.8. The number of imide groups is 2. The third kappa shape index (κ3) is 2.42. The molecule has 1 aromatic rings. The second kappa shape index (κ2) is 5.75. The SMILES string of the molecule is C[C@@]1(c2c(CN)ccc3c2C(=O)NC3=O)CCC(=O)NC1=O.Cl. The average molecular weight is 338 g/mol. The minimum absolute atomic E-state index is 0. The van der Waals surface area contributed by atoms with Crippen molar-refractivity contribution in [2.45, 2.75) is 31.7 Å². The van der Waals surface area contributed by atoms with Crippen molar-refractivity contribution in [1.29, 1.82) is 0 Å². The van der Waals surface area contributed by atoms with Crippen LogP contribution in [0.4, 0.5) is 0 Å². The number of benzene rings is 1. The zero-order chi connectivity index (χ0) is 16.1. The number of nitrogens with one attached hydrogen (secondary N) is 2. The topological polar surface area (TPSA) is 118 Å². The average Bonchev–Trinajstić information content (AvgIpc) is 2.77. The third-order valence-corrected chi connectivity index (χ3v) is 4.37. The first-order valence-corrected chi connectivity index (χ1v) is 6.95. The van der Waals surface area contributed by atoms with Crippen molar-refractivity contribution in [2.24, 2.45) is 5.73 Å². The van der Waals surface area contributed by atoms with E-state index >= 15 is 0 Å². The first-order chi connectivity index (χ1) is 10.4. The molecule has 1 saturated heterocycles. The molecule has 122 valence electrons. The molecule has 0 bridgehead atoms. The highest BCUT2D eigenvalue weighted by Crippen LogP contribution is 2.39. The minimum atomic E-state index is -1.07. The molecule has 0 saturated carbocycles. The lowest BCUT2D eigenvalue weighted by molar-refractivity contribution is -0.137. The van der Waals surface area contributed by atoms with E-state index in [9.17, 15) is 19.2 Å². The molecule has 7 nitrogen and oxygen atoms in total. The van der Waals surface area contributed by atoms with Gasteiger partial charge in [-0.25, -0.2) is 0 Å². The molecule has 0 radical (unpaired) electrons. The fraction of sp³-hybridized carbons (Fsp3) is 0.333. The van der Waals surface area contributed by atoms with E-state index in [1.807, 2.05) is 0 Å². The maximum atomic E-state index is 12.4. The van der Waals surface area contributed by atoms with Crippen molar-refractivity contribution in [1.82, 2.24) is 10.6 Å². The molecule has 8 heteroatoms. The van der Waals surface area contributed by atoms with E-state index < -0.39 is 23.1 Å². The van der Waals surface area contributed by atoms with Gasteiger partial charge in [0.25, 0.3) is 11.8 Å². The van der Waals surface area contributed by atoms with Crippen molar-refractivity contribution in [2.75, 3.05) is 0 Å². The van der Waals surface area contributed by atoms with Gasteiger partial charge in [0, 0.05) is 13.0 Å². The number of fused-ring (bicyclic) bond motifs is 1. The smallest absolute Gasteiger partial charge is 0.259 e. The molecule has 0 unspecified atom stereocenters. The van der Waals surface area contributed by atoms with Crippen LogP contribution in [0.15, 0.2) is 12.1 Å². The van der Waals surface area contributed by atoms with E-state index in [2.05, 4.69) is 10.6 Å². The quantitative estimate of drug-likeness (QED) is 0.664. The van der Waals surface area contributed by atoms with Gasteiger partial charge in [-0.1, -0.05) is 6.07 Å². The number of nitrogens with two attached hydrogens (primary N) is 1. The van der Waals surface area contributed by atoms with Crippen LogP contribution in [0.1, 0.15) is 51.6 Å². The van der Waals surface area contributed by atoms with Crippen LogP contribution in [-0.2, 0) is 21.5 Å². The van der Waals surface area contributed by atoms with Gasteiger partial charge in [0.1, 0.15) is 0 Å². The number of hydrogen-bond donors (Lipinski definition) is 3. The Labute approximate surface area is 138 Å². The molecular formula is C15H16ClN3O4. The molecular weight excluding hydrogens is 322 g/mol. The van der Waals surface area contributed by atoms with Gasteiger partial charge in [-0.2, -0.15) is 0 Å². The van der Waals surface area contributed by atoms with Crippen LogP contribution in [0.3, 0.4) is 0 Å². The second-order valence-corrected chi connectivity index (χ2v) is 5.72. The molecule has 2 heterocycles. The number of rotatable bonds is 2. The zero-order valence-electron chi connectivity index (χ0n) is 12.4. The molecule has 0 spiro atoms. The van der Waals surface area contributed by atoms with Gasteiger partial charge in [-0.05, 0) is 30.5 Å². The summed E-state index contributed by atoms with van der Waals surface area (Å²) in [5, 5.41) is 4.54. The zero-order valence-corrected chi connectivity index (χ0v) is 13.2. The van der Waals surface area contributed by atoms with Crippen LogP contribution in [0.5, 0.6) is 0 Å². The van der Waals surface area contributed by atoms with Crippen molar-refractivity contribution in [3.8, 4) is 0 Å². The number of amides is 4. The molecule has 4 amide bonds.